The highest BCUT2D eigenvalue weighted by molar-refractivity contribution is 8.06. The molecular formula is C13H19F2NO9S2. The molecule has 0 aromatic carbocycles. The maximum Gasteiger partial charge on any atom is 0.484 e. The van der Waals surface area contributed by atoms with Crippen molar-refractivity contribution in [3.63, 3.8) is 0 Å². The number of hydrogen-bond acceptors (Lipinski definition) is 8. The fraction of sp³-hybridized carbons (Fsp3) is 0.692. The Morgan fingerprint density at radius 1 is 1.15 bits per heavy atom. The molecule has 0 spiro atoms. The molecule has 0 bridgehead atoms. The van der Waals surface area contributed by atoms with E-state index in [1.165, 1.54) is 6.92 Å². The minimum absolute atomic E-state index is 0.164. The first-order valence-electron chi connectivity index (χ1n) is 7.55. The van der Waals surface area contributed by atoms with Crippen LogP contribution in [0.2, 0.25) is 0 Å². The molecule has 1 saturated heterocycles. The van der Waals surface area contributed by atoms with Gasteiger partial charge in [0.25, 0.3) is 10.0 Å². The monoisotopic (exact) mass is 435 g/mol. The van der Waals surface area contributed by atoms with Gasteiger partial charge in [0.1, 0.15) is 13.2 Å². The molecule has 14 heteroatoms. The van der Waals surface area contributed by atoms with E-state index in [0.717, 1.165) is 0 Å². The van der Waals surface area contributed by atoms with Gasteiger partial charge in [-0.1, -0.05) is 6.58 Å². The third-order valence-corrected chi connectivity index (χ3v) is 7.15. The van der Waals surface area contributed by atoms with Gasteiger partial charge >= 0.3 is 26.6 Å². The predicted molar refractivity (Wildman–Crippen MR) is 86.4 cm³/mol. The van der Waals surface area contributed by atoms with Crippen molar-refractivity contribution in [2.75, 3.05) is 26.3 Å². The number of carbonyl (C=O) groups is 2. The SMILES string of the molecule is C=C(C)C(=O)OCCOC(=O)C1CCN(S(=O)(=O)C(F)(F)S(=O)(=O)O)CC1. The lowest BCUT2D eigenvalue weighted by Gasteiger charge is -2.31. The Morgan fingerprint density at radius 3 is 2.07 bits per heavy atom. The van der Waals surface area contributed by atoms with E-state index in [1.807, 2.05) is 0 Å². The smallest absolute Gasteiger partial charge is 0.462 e. The molecular weight excluding hydrogens is 416 g/mol. The summed E-state index contributed by atoms with van der Waals surface area (Å²) in [6, 6.07) is 0. The average Bonchev–Trinajstić information content (AvgIpc) is 2.57. The summed E-state index contributed by atoms with van der Waals surface area (Å²) in [5, 5.41) is 0. The normalized spacial score (nSPS) is 17.3. The van der Waals surface area contributed by atoms with Gasteiger partial charge in [0, 0.05) is 18.7 Å². The molecule has 1 fully saturated rings. The average molecular weight is 435 g/mol. The summed E-state index contributed by atoms with van der Waals surface area (Å²) in [6.07, 6.45) is -0.379. The predicted octanol–water partition coefficient (Wildman–Crippen LogP) is 0.129. The lowest BCUT2D eigenvalue weighted by atomic mass is 9.98. The molecule has 0 unspecified atom stereocenters. The van der Waals surface area contributed by atoms with E-state index < -0.39 is 55.7 Å². The number of esters is 2. The second-order valence-corrected chi connectivity index (χ2v) is 9.40. The Labute approximate surface area is 154 Å². The molecule has 0 atom stereocenters. The number of rotatable bonds is 8. The van der Waals surface area contributed by atoms with Crippen LogP contribution in [0.3, 0.4) is 0 Å². The molecule has 0 aromatic rings. The van der Waals surface area contributed by atoms with Crippen LogP contribution in [0.5, 0.6) is 0 Å². The van der Waals surface area contributed by atoms with Gasteiger partial charge in [-0.25, -0.2) is 13.2 Å². The van der Waals surface area contributed by atoms with E-state index in [4.69, 9.17) is 14.0 Å². The molecule has 27 heavy (non-hydrogen) atoms. The maximum atomic E-state index is 13.5. The first-order valence-corrected chi connectivity index (χ1v) is 10.4. The molecule has 1 heterocycles. The quantitative estimate of drug-likeness (QED) is 0.243. The maximum absolute atomic E-state index is 13.5. The highest BCUT2D eigenvalue weighted by atomic mass is 32.3. The van der Waals surface area contributed by atoms with Gasteiger partial charge in [-0.2, -0.15) is 21.5 Å². The van der Waals surface area contributed by atoms with Gasteiger partial charge in [-0.3, -0.25) is 9.35 Å². The van der Waals surface area contributed by atoms with Crippen LogP contribution in [0.1, 0.15) is 19.8 Å². The summed E-state index contributed by atoms with van der Waals surface area (Å²) in [5.41, 5.74) is 0.164. The molecule has 1 aliphatic heterocycles. The third kappa shape index (κ3) is 5.43. The number of nitrogens with zero attached hydrogens (tertiary/aromatic N) is 1. The molecule has 0 saturated carbocycles. The third-order valence-electron chi connectivity index (χ3n) is 3.64. The Hall–Kier alpha value is -1.64. The Kier molecular flexibility index (Phi) is 7.44. The Morgan fingerprint density at radius 2 is 1.63 bits per heavy atom. The zero-order valence-electron chi connectivity index (χ0n) is 14.3. The molecule has 0 aliphatic carbocycles. The standard InChI is InChI=1S/C13H19F2NO9S2/c1-9(2)11(17)24-7-8-25-12(18)10-3-5-16(6-4-10)26(19,20)13(14,15)27(21,22)23/h10H,1,3-8H2,2H3,(H,21,22,23). The Bertz CT molecular complexity index is 800. The van der Waals surface area contributed by atoms with Crippen molar-refractivity contribution in [2.45, 2.75) is 24.4 Å². The van der Waals surface area contributed by atoms with Gasteiger partial charge in [-0.05, 0) is 19.8 Å². The minimum atomic E-state index is -6.17. The van der Waals surface area contributed by atoms with Crippen LogP contribution in [0.25, 0.3) is 0 Å². The van der Waals surface area contributed by atoms with E-state index in [1.54, 1.807) is 0 Å². The van der Waals surface area contributed by atoms with Crippen molar-refractivity contribution in [1.29, 1.82) is 0 Å². The zero-order chi connectivity index (χ0) is 21.0. The van der Waals surface area contributed by atoms with Gasteiger partial charge in [0.2, 0.25) is 0 Å². The number of halogens is 2. The second-order valence-electron chi connectivity index (χ2n) is 5.70. The van der Waals surface area contributed by atoms with Gasteiger partial charge in [0.15, 0.2) is 0 Å². The van der Waals surface area contributed by atoms with Crippen molar-refractivity contribution in [3.05, 3.63) is 12.2 Å². The summed E-state index contributed by atoms with van der Waals surface area (Å²) in [4.78, 5) is 23.0. The molecule has 10 nitrogen and oxygen atoms in total. The van der Waals surface area contributed by atoms with E-state index in [0.29, 0.717) is 0 Å². The summed E-state index contributed by atoms with van der Waals surface area (Å²) < 4.78 is 84.5. The van der Waals surface area contributed by atoms with Crippen LogP contribution in [0.4, 0.5) is 8.78 Å². The van der Waals surface area contributed by atoms with Crippen molar-refractivity contribution in [3.8, 4) is 0 Å². The molecule has 1 rings (SSSR count). The fourth-order valence-corrected chi connectivity index (χ4v) is 4.51. The van der Waals surface area contributed by atoms with Crippen LogP contribution in [0, 0.1) is 5.92 Å². The number of alkyl halides is 2. The summed E-state index contributed by atoms with van der Waals surface area (Å²) in [7, 11) is -11.8. The molecule has 0 amide bonds. The number of ether oxygens (including phenoxy) is 2. The first-order chi connectivity index (χ1) is 12.2. The van der Waals surface area contributed by atoms with Crippen LogP contribution >= 0.6 is 0 Å². The number of piperidine rings is 1. The second kappa shape index (κ2) is 8.58. The zero-order valence-corrected chi connectivity index (χ0v) is 15.9. The van der Waals surface area contributed by atoms with Crippen LogP contribution < -0.4 is 0 Å². The topological polar surface area (TPSA) is 144 Å². The van der Waals surface area contributed by atoms with Crippen molar-refractivity contribution in [2.24, 2.45) is 5.92 Å². The van der Waals surface area contributed by atoms with E-state index in [-0.39, 0.29) is 35.9 Å². The van der Waals surface area contributed by atoms with Gasteiger partial charge in [0.05, 0.1) is 5.92 Å². The fourth-order valence-electron chi connectivity index (χ4n) is 2.13. The first kappa shape index (κ1) is 23.4. The molecule has 0 aromatic heterocycles. The largest absolute Gasteiger partial charge is 0.484 e. The van der Waals surface area contributed by atoms with Crippen molar-refractivity contribution >= 4 is 32.1 Å². The molecule has 156 valence electrons. The van der Waals surface area contributed by atoms with Crippen LogP contribution in [-0.2, 0) is 39.2 Å². The lowest BCUT2D eigenvalue weighted by Crippen LogP contribution is -2.50. The van der Waals surface area contributed by atoms with Crippen molar-refractivity contribution in [1.82, 2.24) is 4.31 Å². The summed E-state index contributed by atoms with van der Waals surface area (Å²) in [5.74, 6) is -2.20. The van der Waals surface area contributed by atoms with E-state index in [9.17, 15) is 35.2 Å². The summed E-state index contributed by atoms with van der Waals surface area (Å²) >= 11 is 0. The van der Waals surface area contributed by atoms with E-state index >= 15 is 0 Å². The Balaban J connectivity index is 2.55. The molecule has 1 N–H and O–H groups in total. The number of hydrogen-bond donors (Lipinski definition) is 1. The molecule has 0 radical (unpaired) electrons. The van der Waals surface area contributed by atoms with Gasteiger partial charge < -0.3 is 9.47 Å². The van der Waals surface area contributed by atoms with Gasteiger partial charge in [-0.15, -0.1) is 0 Å². The summed E-state index contributed by atoms with van der Waals surface area (Å²) in [6.45, 7) is 3.21. The highest BCUT2D eigenvalue weighted by Crippen LogP contribution is 2.33. The van der Waals surface area contributed by atoms with Crippen LogP contribution in [-0.4, -0.2) is 68.5 Å². The minimum Gasteiger partial charge on any atom is -0.462 e. The lowest BCUT2D eigenvalue weighted by molar-refractivity contribution is -0.154. The highest BCUT2D eigenvalue weighted by Gasteiger charge is 2.60. The van der Waals surface area contributed by atoms with E-state index in [2.05, 4.69) is 6.58 Å². The number of sulfonamides is 1. The number of carbonyl (C=O) groups excluding carboxylic acids is 2. The molecule has 1 aliphatic rings. The van der Waals surface area contributed by atoms with Crippen molar-refractivity contribution < 1.29 is 49.2 Å². The van der Waals surface area contributed by atoms with Crippen LogP contribution in [0.15, 0.2) is 12.2 Å².